The van der Waals surface area contributed by atoms with E-state index in [1.54, 1.807) is 18.4 Å². The number of benzene rings is 1. The fourth-order valence-corrected chi connectivity index (χ4v) is 4.92. The molecular formula is C20H30N4O2S2. The van der Waals surface area contributed by atoms with Gasteiger partial charge in [0.1, 0.15) is 0 Å². The van der Waals surface area contributed by atoms with Crippen LogP contribution in [0.4, 0.5) is 0 Å². The van der Waals surface area contributed by atoms with Gasteiger partial charge in [0, 0.05) is 26.2 Å². The Labute approximate surface area is 172 Å². The first-order chi connectivity index (χ1) is 13.3. The molecule has 6 nitrogen and oxygen atoms in total. The van der Waals surface area contributed by atoms with Gasteiger partial charge in [-0.1, -0.05) is 31.2 Å². The van der Waals surface area contributed by atoms with Crippen LogP contribution in [0.1, 0.15) is 43.4 Å². The van der Waals surface area contributed by atoms with E-state index in [1.807, 2.05) is 38.1 Å². The van der Waals surface area contributed by atoms with Crippen LogP contribution in [-0.2, 0) is 22.3 Å². The molecule has 0 saturated heterocycles. The average molecular weight is 423 g/mol. The number of hydrogen-bond acceptors (Lipinski definition) is 4. The maximum absolute atomic E-state index is 12.0. The van der Waals surface area contributed by atoms with Crippen molar-refractivity contribution in [3.8, 4) is 0 Å². The molecule has 0 bridgehead atoms. The number of rotatable bonds is 9. The average Bonchev–Trinajstić information content (AvgIpc) is 3.16. The van der Waals surface area contributed by atoms with Crippen molar-refractivity contribution in [2.24, 2.45) is 4.99 Å². The SMILES string of the molecule is CN=C(NCc1ccc(CS(=O)(=O)NC(C)C)cc1)NCC(C)c1ccsc1. The van der Waals surface area contributed by atoms with Crippen LogP contribution in [0.3, 0.4) is 0 Å². The summed E-state index contributed by atoms with van der Waals surface area (Å²) in [5, 5.41) is 10.9. The van der Waals surface area contributed by atoms with Gasteiger partial charge in [-0.15, -0.1) is 0 Å². The van der Waals surface area contributed by atoms with Gasteiger partial charge in [-0.2, -0.15) is 11.3 Å². The first-order valence-electron chi connectivity index (χ1n) is 9.33. The highest BCUT2D eigenvalue weighted by molar-refractivity contribution is 7.88. The van der Waals surface area contributed by atoms with Gasteiger partial charge in [-0.3, -0.25) is 4.99 Å². The zero-order valence-corrected chi connectivity index (χ0v) is 18.5. The maximum Gasteiger partial charge on any atom is 0.216 e. The molecule has 1 heterocycles. The van der Waals surface area contributed by atoms with Crippen molar-refractivity contribution in [3.63, 3.8) is 0 Å². The van der Waals surface area contributed by atoms with Crippen LogP contribution in [0.2, 0.25) is 0 Å². The molecular weight excluding hydrogens is 392 g/mol. The summed E-state index contributed by atoms with van der Waals surface area (Å²) in [6.45, 7) is 7.23. The van der Waals surface area contributed by atoms with Gasteiger partial charge in [-0.05, 0) is 53.3 Å². The van der Waals surface area contributed by atoms with E-state index < -0.39 is 10.0 Å². The van der Waals surface area contributed by atoms with Crippen molar-refractivity contribution in [2.45, 2.75) is 45.0 Å². The number of thiophene rings is 1. The largest absolute Gasteiger partial charge is 0.356 e. The summed E-state index contributed by atoms with van der Waals surface area (Å²) in [7, 11) is -1.55. The van der Waals surface area contributed by atoms with Crippen LogP contribution in [0, 0.1) is 0 Å². The molecule has 0 saturated carbocycles. The van der Waals surface area contributed by atoms with E-state index in [4.69, 9.17) is 0 Å². The zero-order chi connectivity index (χ0) is 20.6. The summed E-state index contributed by atoms with van der Waals surface area (Å²) in [4.78, 5) is 4.26. The number of nitrogens with zero attached hydrogens (tertiary/aromatic N) is 1. The second-order valence-electron chi connectivity index (χ2n) is 7.11. The van der Waals surface area contributed by atoms with E-state index in [0.717, 1.165) is 23.6 Å². The Morgan fingerprint density at radius 2 is 1.75 bits per heavy atom. The summed E-state index contributed by atoms with van der Waals surface area (Å²) in [5.74, 6) is 1.14. The highest BCUT2D eigenvalue weighted by Gasteiger charge is 2.13. The van der Waals surface area contributed by atoms with Crippen molar-refractivity contribution in [1.82, 2.24) is 15.4 Å². The summed E-state index contributed by atoms with van der Waals surface area (Å²) in [6.07, 6.45) is 0. The predicted octanol–water partition coefficient (Wildman–Crippen LogP) is 3.04. The molecule has 0 spiro atoms. The molecule has 0 radical (unpaired) electrons. The second kappa shape index (κ2) is 10.6. The van der Waals surface area contributed by atoms with Crippen LogP contribution in [-0.4, -0.2) is 34.0 Å². The van der Waals surface area contributed by atoms with Gasteiger partial charge in [0.15, 0.2) is 5.96 Å². The molecule has 0 aliphatic heterocycles. The summed E-state index contributed by atoms with van der Waals surface area (Å²) in [6, 6.07) is 9.63. The van der Waals surface area contributed by atoms with Crippen molar-refractivity contribution in [2.75, 3.05) is 13.6 Å². The lowest BCUT2D eigenvalue weighted by molar-refractivity contribution is 0.569. The minimum Gasteiger partial charge on any atom is -0.356 e. The van der Waals surface area contributed by atoms with Gasteiger partial charge in [0.05, 0.1) is 5.75 Å². The minimum absolute atomic E-state index is 0.0113. The summed E-state index contributed by atoms with van der Waals surface area (Å²) < 4.78 is 26.6. The van der Waals surface area contributed by atoms with Crippen LogP contribution >= 0.6 is 11.3 Å². The van der Waals surface area contributed by atoms with Crippen LogP contribution in [0.15, 0.2) is 46.1 Å². The topological polar surface area (TPSA) is 82.6 Å². The standard InChI is InChI=1S/C20H30N4O2S2/c1-15(2)24-28(25,26)14-18-7-5-17(6-8-18)12-23-20(21-4)22-11-16(3)19-9-10-27-13-19/h5-10,13,15-16,24H,11-12,14H2,1-4H3,(H2,21,22,23). The van der Waals surface area contributed by atoms with E-state index in [1.165, 1.54) is 5.56 Å². The Bertz CT molecular complexity index is 845. The summed E-state index contributed by atoms with van der Waals surface area (Å²) in [5.41, 5.74) is 3.15. The molecule has 1 aromatic carbocycles. The molecule has 2 rings (SSSR count). The van der Waals surface area contributed by atoms with Gasteiger partial charge in [0.25, 0.3) is 0 Å². The van der Waals surface area contributed by atoms with E-state index in [0.29, 0.717) is 12.5 Å². The van der Waals surface area contributed by atoms with E-state index in [9.17, 15) is 8.42 Å². The molecule has 1 unspecified atom stereocenters. The van der Waals surface area contributed by atoms with E-state index in [-0.39, 0.29) is 11.8 Å². The molecule has 0 amide bonds. The van der Waals surface area contributed by atoms with Crippen molar-refractivity contribution in [3.05, 3.63) is 57.8 Å². The molecule has 154 valence electrons. The highest BCUT2D eigenvalue weighted by Crippen LogP contribution is 2.17. The van der Waals surface area contributed by atoms with Crippen LogP contribution < -0.4 is 15.4 Å². The molecule has 2 aromatic rings. The molecule has 8 heteroatoms. The maximum atomic E-state index is 12.0. The van der Waals surface area contributed by atoms with Crippen molar-refractivity contribution in [1.29, 1.82) is 0 Å². The Balaban J connectivity index is 1.82. The van der Waals surface area contributed by atoms with Crippen molar-refractivity contribution >= 4 is 27.3 Å². The quantitative estimate of drug-likeness (QED) is 0.428. The minimum atomic E-state index is -3.30. The Morgan fingerprint density at radius 1 is 1.07 bits per heavy atom. The van der Waals surface area contributed by atoms with Gasteiger partial charge in [-0.25, -0.2) is 13.1 Å². The molecule has 28 heavy (non-hydrogen) atoms. The van der Waals surface area contributed by atoms with Crippen LogP contribution in [0.5, 0.6) is 0 Å². The first kappa shape index (κ1) is 22.4. The predicted molar refractivity (Wildman–Crippen MR) is 118 cm³/mol. The third kappa shape index (κ3) is 7.61. The Kier molecular flexibility index (Phi) is 8.47. The fraction of sp³-hybridized carbons (Fsp3) is 0.450. The number of nitrogens with one attached hydrogen (secondary N) is 3. The lowest BCUT2D eigenvalue weighted by atomic mass is 10.1. The number of aliphatic imine (C=N–C) groups is 1. The number of guanidine groups is 1. The van der Waals surface area contributed by atoms with Gasteiger partial charge >= 0.3 is 0 Å². The smallest absolute Gasteiger partial charge is 0.216 e. The highest BCUT2D eigenvalue weighted by atomic mass is 32.2. The Hall–Kier alpha value is -1.90. The molecule has 1 atom stereocenters. The summed E-state index contributed by atoms with van der Waals surface area (Å²) >= 11 is 1.71. The van der Waals surface area contributed by atoms with Crippen molar-refractivity contribution < 1.29 is 8.42 Å². The lowest BCUT2D eigenvalue weighted by Gasteiger charge is -2.15. The third-order valence-corrected chi connectivity index (χ3v) is 6.41. The van der Waals surface area contributed by atoms with E-state index >= 15 is 0 Å². The molecule has 0 aliphatic rings. The third-order valence-electron chi connectivity index (χ3n) is 4.17. The second-order valence-corrected chi connectivity index (χ2v) is 9.65. The van der Waals surface area contributed by atoms with Gasteiger partial charge < -0.3 is 10.6 Å². The lowest BCUT2D eigenvalue weighted by Crippen LogP contribution is -2.38. The number of sulfonamides is 1. The number of hydrogen-bond donors (Lipinski definition) is 3. The molecule has 1 aromatic heterocycles. The molecule has 3 N–H and O–H groups in total. The monoisotopic (exact) mass is 422 g/mol. The molecule has 0 aliphatic carbocycles. The zero-order valence-electron chi connectivity index (χ0n) is 16.9. The van der Waals surface area contributed by atoms with E-state index in [2.05, 4.69) is 44.1 Å². The van der Waals surface area contributed by atoms with Gasteiger partial charge in [0.2, 0.25) is 10.0 Å². The Morgan fingerprint density at radius 3 is 2.32 bits per heavy atom. The fourth-order valence-electron chi connectivity index (χ4n) is 2.70. The normalized spacial score (nSPS) is 13.5. The van der Waals surface area contributed by atoms with Crippen LogP contribution in [0.25, 0.3) is 0 Å². The first-order valence-corrected chi connectivity index (χ1v) is 11.9. The molecule has 0 fully saturated rings.